The highest BCUT2D eigenvalue weighted by Crippen LogP contribution is 2.26. The fraction of sp³-hybridized carbons (Fsp3) is 0.286. The maximum atomic E-state index is 5.47. The van der Waals surface area contributed by atoms with Crippen LogP contribution in [-0.4, -0.2) is 63.6 Å². The summed E-state index contributed by atoms with van der Waals surface area (Å²) in [6.07, 6.45) is 7.49. The number of rotatable bonds is 5. The van der Waals surface area contributed by atoms with Crippen LogP contribution < -0.4 is 10.9 Å². The van der Waals surface area contributed by atoms with E-state index in [2.05, 4.69) is 61.6 Å². The second-order valence-electron chi connectivity index (χ2n) is 7.63. The Morgan fingerprint density at radius 3 is 2.70 bits per heavy atom. The first-order valence-corrected chi connectivity index (χ1v) is 10.2. The van der Waals surface area contributed by atoms with E-state index in [-0.39, 0.29) is 0 Å². The first kappa shape index (κ1) is 18.8. The number of hydrogen-bond acceptors (Lipinski definition) is 6. The number of aromatic nitrogens is 5. The molecule has 0 bridgehead atoms. The van der Waals surface area contributed by atoms with E-state index in [9.17, 15) is 0 Å². The third-order valence-corrected chi connectivity index (χ3v) is 5.66. The van der Waals surface area contributed by atoms with Gasteiger partial charge in [-0.2, -0.15) is 5.10 Å². The number of H-pyrrole nitrogens is 1. The molecule has 0 radical (unpaired) electrons. The van der Waals surface area contributed by atoms with Crippen LogP contribution in [-0.2, 0) is 4.74 Å². The highest BCUT2D eigenvalue weighted by molar-refractivity contribution is 6.30. The monoisotopic (exact) mass is 401 g/mol. The SMILES string of the molecule is Bc1cn2c(-c3cn[nH]c3)cnc2c(Nc2ccc(C(C)N3CCOCC3)cc2)n1. The van der Waals surface area contributed by atoms with Crippen LogP contribution in [0.5, 0.6) is 0 Å². The van der Waals surface area contributed by atoms with Crippen molar-refractivity contribution < 1.29 is 4.74 Å². The molecule has 9 heteroatoms. The number of aromatic amines is 1. The van der Waals surface area contributed by atoms with Crippen molar-refractivity contribution in [1.29, 1.82) is 0 Å². The van der Waals surface area contributed by atoms with Crippen molar-refractivity contribution in [3.05, 3.63) is 54.6 Å². The first-order chi connectivity index (χ1) is 14.7. The molecule has 0 amide bonds. The van der Waals surface area contributed by atoms with Crippen molar-refractivity contribution in [1.82, 2.24) is 29.5 Å². The van der Waals surface area contributed by atoms with Crippen LogP contribution in [0.1, 0.15) is 18.5 Å². The van der Waals surface area contributed by atoms with Gasteiger partial charge in [-0.05, 0) is 24.6 Å². The predicted octanol–water partition coefficient (Wildman–Crippen LogP) is 1.51. The number of anilines is 2. The number of ether oxygens (including phenoxy) is 1. The van der Waals surface area contributed by atoms with Gasteiger partial charge in [-0.15, -0.1) is 0 Å². The van der Waals surface area contributed by atoms with E-state index in [1.54, 1.807) is 6.20 Å². The average Bonchev–Trinajstić information content (AvgIpc) is 3.44. The summed E-state index contributed by atoms with van der Waals surface area (Å²) in [5, 5.41) is 10.3. The van der Waals surface area contributed by atoms with Gasteiger partial charge in [0.25, 0.3) is 0 Å². The summed E-state index contributed by atoms with van der Waals surface area (Å²) in [4.78, 5) is 11.7. The Hall–Kier alpha value is -3.17. The molecular formula is C21H24BN7O. The molecule has 1 saturated heterocycles. The second kappa shape index (κ2) is 7.93. The number of hydrogen-bond donors (Lipinski definition) is 2. The molecule has 1 aromatic carbocycles. The normalized spacial score (nSPS) is 16.0. The maximum Gasteiger partial charge on any atom is 0.180 e. The topological polar surface area (TPSA) is 83.4 Å². The van der Waals surface area contributed by atoms with E-state index in [0.29, 0.717) is 6.04 Å². The molecule has 4 heterocycles. The van der Waals surface area contributed by atoms with E-state index >= 15 is 0 Å². The maximum absolute atomic E-state index is 5.47. The van der Waals surface area contributed by atoms with Crippen molar-refractivity contribution in [3.8, 4) is 11.3 Å². The lowest BCUT2D eigenvalue weighted by atomic mass is 10.1. The number of nitrogens with zero attached hydrogens (tertiary/aromatic N) is 5. The molecule has 8 nitrogen and oxygen atoms in total. The van der Waals surface area contributed by atoms with Crippen molar-refractivity contribution in [2.45, 2.75) is 13.0 Å². The highest BCUT2D eigenvalue weighted by atomic mass is 16.5. The van der Waals surface area contributed by atoms with Crippen LogP contribution in [0.4, 0.5) is 11.5 Å². The zero-order valence-electron chi connectivity index (χ0n) is 17.2. The van der Waals surface area contributed by atoms with Crippen molar-refractivity contribution >= 4 is 30.6 Å². The number of benzene rings is 1. The Balaban J connectivity index is 1.40. The number of fused-ring (bicyclic) bond motifs is 1. The fourth-order valence-electron chi connectivity index (χ4n) is 3.95. The van der Waals surface area contributed by atoms with Gasteiger partial charge in [0.15, 0.2) is 19.3 Å². The lowest BCUT2D eigenvalue weighted by Crippen LogP contribution is -2.37. The van der Waals surface area contributed by atoms with Gasteiger partial charge in [0.2, 0.25) is 0 Å². The van der Waals surface area contributed by atoms with E-state index in [4.69, 9.17) is 4.74 Å². The van der Waals surface area contributed by atoms with E-state index < -0.39 is 0 Å². The first-order valence-electron chi connectivity index (χ1n) is 10.2. The van der Waals surface area contributed by atoms with Crippen molar-refractivity contribution in [3.63, 3.8) is 0 Å². The zero-order chi connectivity index (χ0) is 20.5. The average molecular weight is 401 g/mol. The number of morpholine rings is 1. The highest BCUT2D eigenvalue weighted by Gasteiger charge is 2.18. The largest absolute Gasteiger partial charge is 0.379 e. The van der Waals surface area contributed by atoms with Gasteiger partial charge >= 0.3 is 0 Å². The minimum absolute atomic E-state index is 0.372. The molecule has 4 aromatic rings. The summed E-state index contributed by atoms with van der Waals surface area (Å²) >= 11 is 0. The van der Waals surface area contributed by atoms with Gasteiger partial charge in [0.1, 0.15) is 0 Å². The van der Waals surface area contributed by atoms with Crippen LogP contribution in [0.25, 0.3) is 16.9 Å². The molecule has 1 fully saturated rings. The van der Waals surface area contributed by atoms with Gasteiger partial charge in [-0.3, -0.25) is 14.4 Å². The molecule has 3 aromatic heterocycles. The summed E-state index contributed by atoms with van der Waals surface area (Å²) in [6.45, 7) is 5.83. The van der Waals surface area contributed by atoms with Gasteiger partial charge < -0.3 is 10.1 Å². The standard InChI is InChI=1S/C21H24BN7O/c1-14(28-6-8-30-9-7-28)15-2-4-17(5-3-15)26-20-21-23-12-18(16-10-24-25-11-16)29(21)13-19(22)27-20/h2-5,10-14H,6-9,22H2,1H3,(H,24,25)(H,26,27). The molecule has 2 N–H and O–H groups in total. The molecule has 152 valence electrons. The summed E-state index contributed by atoms with van der Waals surface area (Å²) < 4.78 is 7.52. The number of imidazole rings is 1. The van der Waals surface area contributed by atoms with Crippen LogP contribution in [0.15, 0.2) is 49.1 Å². The van der Waals surface area contributed by atoms with Crippen LogP contribution in [0.3, 0.4) is 0 Å². The molecule has 0 spiro atoms. The van der Waals surface area contributed by atoms with Crippen LogP contribution in [0, 0.1) is 0 Å². The Bertz CT molecular complexity index is 1130. The van der Waals surface area contributed by atoms with E-state index in [1.165, 1.54) is 5.56 Å². The zero-order valence-corrected chi connectivity index (χ0v) is 17.2. The summed E-state index contributed by atoms with van der Waals surface area (Å²) in [7, 11) is 1.98. The van der Waals surface area contributed by atoms with Crippen molar-refractivity contribution in [2.75, 3.05) is 31.6 Å². The molecule has 1 unspecified atom stereocenters. The molecule has 30 heavy (non-hydrogen) atoms. The quantitative estimate of drug-likeness (QED) is 0.494. The van der Waals surface area contributed by atoms with Crippen molar-refractivity contribution in [2.24, 2.45) is 0 Å². The van der Waals surface area contributed by atoms with Gasteiger partial charge in [0, 0.05) is 48.4 Å². The summed E-state index contributed by atoms with van der Waals surface area (Å²) in [6, 6.07) is 8.94. The van der Waals surface area contributed by atoms with Crippen LogP contribution in [0.2, 0.25) is 0 Å². The molecule has 0 aliphatic carbocycles. The molecule has 1 aliphatic rings. The smallest absolute Gasteiger partial charge is 0.180 e. The minimum Gasteiger partial charge on any atom is -0.379 e. The summed E-state index contributed by atoms with van der Waals surface area (Å²) in [5.74, 6) is 0.735. The Morgan fingerprint density at radius 1 is 1.17 bits per heavy atom. The van der Waals surface area contributed by atoms with Crippen LogP contribution >= 0.6 is 0 Å². The van der Waals surface area contributed by atoms with E-state index in [1.807, 2.05) is 30.8 Å². The number of nitrogens with one attached hydrogen (secondary N) is 2. The molecule has 5 rings (SSSR count). The minimum atomic E-state index is 0.372. The predicted molar refractivity (Wildman–Crippen MR) is 119 cm³/mol. The second-order valence-corrected chi connectivity index (χ2v) is 7.63. The van der Waals surface area contributed by atoms with E-state index in [0.717, 1.165) is 60.3 Å². The molecule has 1 aliphatic heterocycles. The lowest BCUT2D eigenvalue weighted by molar-refractivity contribution is 0.0198. The fourth-order valence-corrected chi connectivity index (χ4v) is 3.95. The van der Waals surface area contributed by atoms with Gasteiger partial charge in [-0.1, -0.05) is 12.1 Å². The summed E-state index contributed by atoms with van der Waals surface area (Å²) in [5.41, 5.74) is 5.93. The third kappa shape index (κ3) is 3.57. The Kier molecular flexibility index (Phi) is 4.98. The Labute approximate surface area is 175 Å². The lowest BCUT2D eigenvalue weighted by Gasteiger charge is -2.32. The molecule has 0 saturated carbocycles. The third-order valence-electron chi connectivity index (χ3n) is 5.66. The molecule has 1 atom stereocenters. The molecular weight excluding hydrogens is 377 g/mol. The van der Waals surface area contributed by atoms with Gasteiger partial charge in [0.05, 0.1) is 31.3 Å². The Morgan fingerprint density at radius 2 is 1.97 bits per heavy atom. The van der Waals surface area contributed by atoms with Gasteiger partial charge in [-0.25, -0.2) is 9.97 Å².